The van der Waals surface area contributed by atoms with Crippen molar-refractivity contribution in [3.05, 3.63) is 36.2 Å². The fourth-order valence-electron chi connectivity index (χ4n) is 1.72. The lowest BCUT2D eigenvalue weighted by atomic mass is 10.1. The number of H-pyrrole nitrogens is 1. The van der Waals surface area contributed by atoms with Gasteiger partial charge in [0.1, 0.15) is 12.2 Å². The number of likely N-dealkylation sites (N-methyl/N-ethyl adjacent to an activating group) is 1. The van der Waals surface area contributed by atoms with Crippen LogP contribution in [-0.4, -0.2) is 26.7 Å². The molecule has 17 heavy (non-hydrogen) atoms. The lowest BCUT2D eigenvalue weighted by molar-refractivity contribution is 0.523. The molecule has 6 heteroatoms. The van der Waals surface area contributed by atoms with Crippen LogP contribution in [0.1, 0.15) is 24.4 Å². The molecule has 0 bridgehead atoms. The average Bonchev–Trinajstić information content (AvgIpc) is 2.85. The molecule has 2 heterocycles. The zero-order valence-electron chi connectivity index (χ0n) is 9.72. The highest BCUT2D eigenvalue weighted by Gasteiger charge is 2.15. The Bertz CT molecular complexity index is 453. The van der Waals surface area contributed by atoms with E-state index in [9.17, 15) is 0 Å². The largest absolute Gasteiger partial charge is 0.398 e. The third-order valence-corrected chi connectivity index (χ3v) is 2.58. The minimum Gasteiger partial charge on any atom is -0.398 e. The van der Waals surface area contributed by atoms with Crippen molar-refractivity contribution in [2.45, 2.75) is 19.4 Å². The van der Waals surface area contributed by atoms with Crippen molar-refractivity contribution in [3.63, 3.8) is 0 Å². The molecule has 2 rings (SSSR count). The van der Waals surface area contributed by atoms with Crippen molar-refractivity contribution in [1.29, 1.82) is 0 Å². The van der Waals surface area contributed by atoms with Gasteiger partial charge in [0.05, 0.1) is 6.04 Å². The quantitative estimate of drug-likeness (QED) is 0.704. The molecule has 0 radical (unpaired) electrons. The molecular formula is C11H16N6. The number of nitrogens with two attached hydrogens (primary N) is 1. The van der Waals surface area contributed by atoms with Crippen LogP contribution in [0, 0.1) is 0 Å². The smallest absolute Gasteiger partial charge is 0.141 e. The number of aromatic amines is 1. The summed E-state index contributed by atoms with van der Waals surface area (Å²) >= 11 is 0. The molecule has 0 fully saturated rings. The van der Waals surface area contributed by atoms with Crippen molar-refractivity contribution < 1.29 is 0 Å². The van der Waals surface area contributed by atoms with Crippen molar-refractivity contribution in [2.75, 3.05) is 12.3 Å². The number of hydrogen-bond acceptors (Lipinski definition) is 5. The molecular weight excluding hydrogens is 216 g/mol. The highest BCUT2D eigenvalue weighted by Crippen LogP contribution is 2.18. The van der Waals surface area contributed by atoms with Crippen molar-refractivity contribution in [3.8, 4) is 0 Å². The molecule has 0 aliphatic rings. The van der Waals surface area contributed by atoms with Gasteiger partial charge in [0.15, 0.2) is 0 Å². The van der Waals surface area contributed by atoms with Crippen molar-refractivity contribution in [2.24, 2.45) is 0 Å². The van der Waals surface area contributed by atoms with E-state index in [-0.39, 0.29) is 6.04 Å². The first-order valence-corrected chi connectivity index (χ1v) is 5.58. The monoisotopic (exact) mass is 232 g/mol. The summed E-state index contributed by atoms with van der Waals surface area (Å²) < 4.78 is 0. The van der Waals surface area contributed by atoms with Crippen LogP contribution in [0.5, 0.6) is 0 Å². The van der Waals surface area contributed by atoms with E-state index in [0.717, 1.165) is 30.0 Å². The summed E-state index contributed by atoms with van der Waals surface area (Å²) in [6.45, 7) is 2.90. The van der Waals surface area contributed by atoms with E-state index in [2.05, 4.69) is 32.4 Å². The SMILES string of the molecule is CCNC(Cc1cnccc1N)c1ncn[nH]1. The van der Waals surface area contributed by atoms with E-state index in [1.165, 1.54) is 6.33 Å². The molecule has 0 aliphatic carbocycles. The number of aromatic nitrogens is 4. The van der Waals surface area contributed by atoms with Crippen LogP contribution in [-0.2, 0) is 6.42 Å². The highest BCUT2D eigenvalue weighted by atomic mass is 15.2. The molecule has 0 spiro atoms. The second-order valence-electron chi connectivity index (χ2n) is 3.76. The van der Waals surface area contributed by atoms with Crippen LogP contribution in [0.4, 0.5) is 5.69 Å². The maximum absolute atomic E-state index is 5.90. The topological polar surface area (TPSA) is 92.5 Å². The van der Waals surface area contributed by atoms with Gasteiger partial charge in [-0.1, -0.05) is 6.92 Å². The third-order valence-electron chi connectivity index (χ3n) is 2.58. The zero-order chi connectivity index (χ0) is 12.1. The molecule has 2 aromatic rings. The van der Waals surface area contributed by atoms with E-state index in [4.69, 9.17) is 5.73 Å². The minimum absolute atomic E-state index is 0.0778. The molecule has 90 valence electrons. The van der Waals surface area contributed by atoms with E-state index in [1.807, 2.05) is 0 Å². The van der Waals surface area contributed by atoms with Gasteiger partial charge >= 0.3 is 0 Å². The molecule has 1 atom stereocenters. The maximum Gasteiger partial charge on any atom is 0.141 e. The van der Waals surface area contributed by atoms with Crippen LogP contribution in [0.2, 0.25) is 0 Å². The first kappa shape index (κ1) is 11.5. The number of nitrogen functional groups attached to an aromatic ring is 1. The van der Waals surface area contributed by atoms with Gasteiger partial charge in [0, 0.05) is 18.1 Å². The van der Waals surface area contributed by atoms with E-state index >= 15 is 0 Å². The predicted octanol–water partition coefficient (Wildman–Crippen LogP) is 0.675. The minimum atomic E-state index is 0.0778. The fraction of sp³-hybridized carbons (Fsp3) is 0.364. The van der Waals surface area contributed by atoms with Gasteiger partial charge in [-0.2, -0.15) is 5.10 Å². The summed E-state index contributed by atoms with van der Waals surface area (Å²) in [6.07, 6.45) is 5.72. The summed E-state index contributed by atoms with van der Waals surface area (Å²) in [5.41, 5.74) is 7.67. The lowest BCUT2D eigenvalue weighted by Gasteiger charge is -2.15. The Morgan fingerprint density at radius 1 is 1.53 bits per heavy atom. The Morgan fingerprint density at radius 3 is 3.06 bits per heavy atom. The molecule has 0 aliphatic heterocycles. The summed E-state index contributed by atoms with van der Waals surface area (Å²) in [6, 6.07) is 1.88. The molecule has 0 aromatic carbocycles. The van der Waals surface area contributed by atoms with Gasteiger partial charge in [-0.3, -0.25) is 10.1 Å². The first-order chi connectivity index (χ1) is 8.31. The predicted molar refractivity (Wildman–Crippen MR) is 65.2 cm³/mol. The maximum atomic E-state index is 5.90. The number of pyridine rings is 1. The third kappa shape index (κ3) is 2.79. The van der Waals surface area contributed by atoms with E-state index in [1.54, 1.807) is 18.5 Å². The molecule has 0 saturated heterocycles. The fourth-order valence-corrected chi connectivity index (χ4v) is 1.72. The van der Waals surface area contributed by atoms with Gasteiger partial charge in [-0.25, -0.2) is 4.98 Å². The molecule has 1 unspecified atom stereocenters. The summed E-state index contributed by atoms with van der Waals surface area (Å²) in [5, 5.41) is 10.1. The molecule has 4 N–H and O–H groups in total. The number of nitrogens with zero attached hydrogens (tertiary/aromatic N) is 3. The number of rotatable bonds is 5. The Kier molecular flexibility index (Phi) is 3.66. The normalized spacial score (nSPS) is 12.5. The number of anilines is 1. The van der Waals surface area contributed by atoms with Crippen LogP contribution in [0.3, 0.4) is 0 Å². The summed E-state index contributed by atoms with van der Waals surface area (Å²) in [7, 11) is 0. The van der Waals surface area contributed by atoms with E-state index in [0.29, 0.717) is 0 Å². The van der Waals surface area contributed by atoms with Gasteiger partial charge < -0.3 is 11.1 Å². The van der Waals surface area contributed by atoms with Crippen LogP contribution < -0.4 is 11.1 Å². The van der Waals surface area contributed by atoms with Gasteiger partial charge in [0.2, 0.25) is 0 Å². The molecule has 6 nitrogen and oxygen atoms in total. The molecule has 0 amide bonds. The molecule has 2 aromatic heterocycles. The Labute approximate surface area is 99.7 Å². The average molecular weight is 232 g/mol. The highest BCUT2D eigenvalue weighted by molar-refractivity contribution is 5.44. The Hall–Kier alpha value is -1.95. The summed E-state index contributed by atoms with van der Waals surface area (Å²) in [5.74, 6) is 0.815. The van der Waals surface area contributed by atoms with Crippen molar-refractivity contribution in [1.82, 2.24) is 25.5 Å². The second-order valence-corrected chi connectivity index (χ2v) is 3.76. The van der Waals surface area contributed by atoms with Crippen LogP contribution >= 0.6 is 0 Å². The number of hydrogen-bond donors (Lipinski definition) is 3. The Balaban J connectivity index is 2.16. The number of nitrogens with one attached hydrogen (secondary N) is 2. The Morgan fingerprint density at radius 2 is 2.41 bits per heavy atom. The summed E-state index contributed by atoms with van der Waals surface area (Å²) in [4.78, 5) is 8.26. The first-order valence-electron chi connectivity index (χ1n) is 5.58. The van der Waals surface area contributed by atoms with Gasteiger partial charge in [-0.05, 0) is 24.6 Å². The second kappa shape index (κ2) is 5.40. The van der Waals surface area contributed by atoms with Crippen molar-refractivity contribution >= 4 is 5.69 Å². The van der Waals surface area contributed by atoms with Crippen LogP contribution in [0.25, 0.3) is 0 Å². The zero-order valence-corrected chi connectivity index (χ0v) is 9.72. The van der Waals surface area contributed by atoms with Crippen LogP contribution in [0.15, 0.2) is 24.8 Å². The van der Waals surface area contributed by atoms with Gasteiger partial charge in [0.25, 0.3) is 0 Å². The standard InChI is InChI=1S/C11H16N6/c1-2-14-10(11-15-7-16-17-11)5-8-6-13-4-3-9(8)12/h3-4,6-7,10,14H,2,5H2,1H3,(H2,12,13)(H,15,16,17). The van der Waals surface area contributed by atoms with E-state index < -0.39 is 0 Å². The van der Waals surface area contributed by atoms with Gasteiger partial charge in [-0.15, -0.1) is 0 Å². The lowest BCUT2D eigenvalue weighted by Crippen LogP contribution is -2.24. The molecule has 0 saturated carbocycles.